The molecule has 3 heteroatoms. The van der Waals surface area contributed by atoms with Crippen LogP contribution in [-0.2, 0) is 0 Å². The third-order valence-electron chi connectivity index (χ3n) is 8.98. The van der Waals surface area contributed by atoms with Gasteiger partial charge in [0.05, 0.1) is 16.6 Å². The van der Waals surface area contributed by atoms with Gasteiger partial charge in [-0.2, -0.15) is 0 Å². The molecule has 0 saturated carbocycles. The van der Waals surface area contributed by atoms with Crippen molar-refractivity contribution >= 4 is 60.5 Å². The number of aromatic nitrogens is 2. The van der Waals surface area contributed by atoms with E-state index in [-0.39, 0.29) is 0 Å². The number of nitrogens with zero attached hydrogens (tertiary/aromatic N) is 3. The molecule has 0 unspecified atom stereocenters. The fraction of sp³-hybridized carbons (Fsp3) is 0. The van der Waals surface area contributed by atoms with Gasteiger partial charge in [0.25, 0.3) is 0 Å². The highest BCUT2D eigenvalue weighted by Gasteiger charge is 2.15. The van der Waals surface area contributed by atoms with Gasteiger partial charge in [-0.15, -0.1) is 0 Å². The van der Waals surface area contributed by atoms with E-state index in [1.807, 2.05) is 12.3 Å². The molecule has 0 atom stereocenters. The Hall–Kier alpha value is -6.19. The average molecular weight is 588 g/mol. The molecule has 9 rings (SSSR count). The van der Waals surface area contributed by atoms with Gasteiger partial charge in [0.1, 0.15) is 0 Å². The minimum Gasteiger partial charge on any atom is -0.310 e. The van der Waals surface area contributed by atoms with Gasteiger partial charge in [-0.1, -0.05) is 84.9 Å². The van der Waals surface area contributed by atoms with Crippen molar-refractivity contribution in [2.45, 2.75) is 0 Å². The minimum atomic E-state index is 1.01. The topological polar surface area (TPSA) is 21.1 Å². The summed E-state index contributed by atoms with van der Waals surface area (Å²) in [5.41, 5.74) is 10.3. The van der Waals surface area contributed by atoms with Crippen LogP contribution in [0.4, 0.5) is 17.1 Å². The number of hydrogen-bond acceptors (Lipinski definition) is 2. The lowest BCUT2D eigenvalue weighted by atomic mass is 9.99. The van der Waals surface area contributed by atoms with Crippen molar-refractivity contribution in [3.05, 3.63) is 176 Å². The number of benzene rings is 7. The molecule has 0 saturated heterocycles. The first-order valence-corrected chi connectivity index (χ1v) is 15.6. The van der Waals surface area contributed by atoms with Crippen LogP contribution in [0.1, 0.15) is 0 Å². The number of para-hydroxylation sites is 3. The molecule has 0 aliphatic heterocycles. The monoisotopic (exact) mass is 587 g/mol. The Balaban J connectivity index is 1.15. The van der Waals surface area contributed by atoms with Gasteiger partial charge in [-0.05, 0) is 107 Å². The smallest absolute Gasteiger partial charge is 0.0702 e. The number of hydrogen-bond donors (Lipinski definition) is 0. The van der Waals surface area contributed by atoms with E-state index in [0.717, 1.165) is 33.7 Å². The molecule has 2 heterocycles. The van der Waals surface area contributed by atoms with E-state index < -0.39 is 0 Å². The lowest BCUT2D eigenvalue weighted by Gasteiger charge is -2.26. The zero-order valence-corrected chi connectivity index (χ0v) is 25.1. The minimum absolute atomic E-state index is 1.01. The van der Waals surface area contributed by atoms with Gasteiger partial charge in [0, 0.05) is 45.1 Å². The molecule has 0 aliphatic carbocycles. The van der Waals surface area contributed by atoms with E-state index in [2.05, 4.69) is 178 Å². The number of rotatable bonds is 5. The van der Waals surface area contributed by atoms with E-state index in [1.165, 1.54) is 43.7 Å². The first-order chi connectivity index (χ1) is 22.8. The van der Waals surface area contributed by atoms with Crippen molar-refractivity contribution in [3.8, 4) is 16.8 Å². The molecule has 0 bridgehead atoms. The first kappa shape index (κ1) is 26.2. The van der Waals surface area contributed by atoms with Gasteiger partial charge in [-0.25, -0.2) is 0 Å². The van der Waals surface area contributed by atoms with Gasteiger partial charge < -0.3 is 9.47 Å². The van der Waals surface area contributed by atoms with Gasteiger partial charge in [0.2, 0.25) is 0 Å². The van der Waals surface area contributed by atoms with Gasteiger partial charge in [-0.3, -0.25) is 4.98 Å². The number of anilines is 3. The molecule has 0 aliphatic rings. The van der Waals surface area contributed by atoms with Crippen molar-refractivity contribution in [1.29, 1.82) is 0 Å². The summed E-state index contributed by atoms with van der Waals surface area (Å²) in [6, 6.07) is 60.9. The molecule has 9 aromatic rings. The van der Waals surface area contributed by atoms with Crippen LogP contribution in [0.2, 0.25) is 0 Å². The molecular weight excluding hydrogens is 558 g/mol. The Bertz CT molecular complexity index is 2470. The number of fused-ring (bicyclic) bond motifs is 5. The van der Waals surface area contributed by atoms with Gasteiger partial charge in [0.15, 0.2) is 0 Å². The van der Waals surface area contributed by atoms with Crippen LogP contribution in [0, 0.1) is 0 Å². The molecule has 216 valence electrons. The van der Waals surface area contributed by atoms with Crippen molar-refractivity contribution in [2.75, 3.05) is 4.90 Å². The Kier molecular flexibility index (Phi) is 6.14. The molecule has 0 radical (unpaired) electrons. The highest BCUT2D eigenvalue weighted by Crippen LogP contribution is 2.38. The van der Waals surface area contributed by atoms with Crippen molar-refractivity contribution in [1.82, 2.24) is 9.55 Å². The van der Waals surface area contributed by atoms with Crippen molar-refractivity contribution in [2.24, 2.45) is 0 Å². The van der Waals surface area contributed by atoms with Crippen LogP contribution in [0.3, 0.4) is 0 Å². The van der Waals surface area contributed by atoms with Crippen LogP contribution in [0.5, 0.6) is 0 Å². The maximum atomic E-state index is 4.49. The Morgan fingerprint density at radius 2 is 1.02 bits per heavy atom. The summed E-state index contributed by atoms with van der Waals surface area (Å²) in [5.74, 6) is 0. The predicted molar refractivity (Wildman–Crippen MR) is 194 cm³/mol. The van der Waals surface area contributed by atoms with Gasteiger partial charge >= 0.3 is 0 Å². The third kappa shape index (κ3) is 4.41. The summed E-state index contributed by atoms with van der Waals surface area (Å²) in [5, 5.41) is 6.09. The maximum Gasteiger partial charge on any atom is 0.0702 e. The Morgan fingerprint density at radius 1 is 0.413 bits per heavy atom. The van der Waals surface area contributed by atoms with Crippen LogP contribution in [0.15, 0.2) is 176 Å². The van der Waals surface area contributed by atoms with E-state index in [0.29, 0.717) is 0 Å². The molecule has 3 nitrogen and oxygen atoms in total. The third-order valence-corrected chi connectivity index (χ3v) is 8.98. The average Bonchev–Trinajstić information content (AvgIpc) is 3.46. The van der Waals surface area contributed by atoms with E-state index in [4.69, 9.17) is 0 Å². The standard InChI is InChI=1S/C43H29N3/c1-2-10-35(11-3-1)45(36-21-23-37(24-22-36)46-42-14-6-4-12-39(42)40-13-5-7-15-43(40)46)38-20-18-30-16-17-31(28-34(30)29-38)32-19-25-41-33(27-32)9-8-26-44-41/h1-29H. The van der Waals surface area contributed by atoms with Crippen molar-refractivity contribution < 1.29 is 0 Å². The van der Waals surface area contributed by atoms with E-state index in [1.54, 1.807) is 0 Å². The summed E-state index contributed by atoms with van der Waals surface area (Å²) >= 11 is 0. The maximum absolute atomic E-state index is 4.49. The fourth-order valence-corrected chi connectivity index (χ4v) is 6.78. The lowest BCUT2D eigenvalue weighted by Crippen LogP contribution is -2.10. The SMILES string of the molecule is c1ccc(N(c2ccc(-n3c4ccccc4c4ccccc43)cc2)c2ccc3ccc(-c4ccc5ncccc5c4)cc3c2)cc1. The molecule has 0 amide bonds. The largest absolute Gasteiger partial charge is 0.310 e. The molecular formula is C43H29N3. The van der Waals surface area contributed by atoms with E-state index >= 15 is 0 Å². The number of pyridine rings is 1. The van der Waals surface area contributed by atoms with Crippen molar-refractivity contribution in [3.63, 3.8) is 0 Å². The molecule has 46 heavy (non-hydrogen) atoms. The van der Waals surface area contributed by atoms with Crippen LogP contribution in [-0.4, -0.2) is 9.55 Å². The first-order valence-electron chi connectivity index (χ1n) is 15.6. The second kappa shape index (κ2) is 10.8. The molecule has 0 fully saturated rings. The highest BCUT2D eigenvalue weighted by molar-refractivity contribution is 6.09. The molecule has 0 N–H and O–H groups in total. The van der Waals surface area contributed by atoms with Crippen LogP contribution >= 0.6 is 0 Å². The second-order valence-electron chi connectivity index (χ2n) is 11.7. The molecule has 7 aromatic carbocycles. The Morgan fingerprint density at radius 3 is 1.78 bits per heavy atom. The summed E-state index contributed by atoms with van der Waals surface area (Å²) in [6.45, 7) is 0. The van der Waals surface area contributed by atoms with Crippen LogP contribution in [0.25, 0.3) is 60.3 Å². The summed E-state index contributed by atoms with van der Waals surface area (Å²) < 4.78 is 2.36. The summed E-state index contributed by atoms with van der Waals surface area (Å²) in [6.07, 6.45) is 1.84. The predicted octanol–water partition coefficient (Wildman–Crippen LogP) is 11.6. The summed E-state index contributed by atoms with van der Waals surface area (Å²) in [4.78, 5) is 6.83. The fourth-order valence-electron chi connectivity index (χ4n) is 6.78. The molecule has 2 aromatic heterocycles. The zero-order chi connectivity index (χ0) is 30.5. The normalized spacial score (nSPS) is 11.5. The Labute approximate surface area is 267 Å². The highest BCUT2D eigenvalue weighted by atomic mass is 15.1. The summed E-state index contributed by atoms with van der Waals surface area (Å²) in [7, 11) is 0. The zero-order valence-electron chi connectivity index (χ0n) is 25.1. The van der Waals surface area contributed by atoms with Crippen LogP contribution < -0.4 is 4.90 Å². The quantitative estimate of drug-likeness (QED) is 0.200. The second-order valence-corrected chi connectivity index (χ2v) is 11.7. The lowest BCUT2D eigenvalue weighted by molar-refractivity contribution is 1.17. The molecule has 0 spiro atoms. The van der Waals surface area contributed by atoms with E-state index in [9.17, 15) is 0 Å².